The second kappa shape index (κ2) is 9.66. The predicted molar refractivity (Wildman–Crippen MR) is 86.7 cm³/mol. The summed E-state index contributed by atoms with van der Waals surface area (Å²) >= 11 is 5.94. The number of sulfonamides is 1. The van der Waals surface area contributed by atoms with Crippen molar-refractivity contribution in [3.63, 3.8) is 0 Å². The highest BCUT2D eigenvalue weighted by Gasteiger charge is 2.06. The third-order valence-electron chi connectivity index (χ3n) is 2.79. The van der Waals surface area contributed by atoms with Crippen LogP contribution in [0.2, 0.25) is 5.02 Å². The first-order valence-electron chi connectivity index (χ1n) is 7.06. The van der Waals surface area contributed by atoms with E-state index in [2.05, 4.69) is 10.0 Å². The van der Waals surface area contributed by atoms with Gasteiger partial charge in [-0.1, -0.05) is 23.7 Å². The molecule has 0 aliphatic heterocycles. The lowest BCUT2D eigenvalue weighted by Crippen LogP contribution is -2.35. The minimum Gasteiger partial charge on any atom is -0.492 e. The molecule has 0 bridgehead atoms. The SMILES string of the molecule is CCS(=O)(=O)NCCNC(=O)CCCOc1ccccc1Cl. The lowest BCUT2D eigenvalue weighted by Gasteiger charge is -2.08. The molecule has 0 unspecified atom stereocenters. The van der Waals surface area contributed by atoms with Crippen molar-refractivity contribution in [1.29, 1.82) is 0 Å². The van der Waals surface area contributed by atoms with Crippen molar-refractivity contribution >= 4 is 27.5 Å². The van der Waals surface area contributed by atoms with Crippen molar-refractivity contribution in [2.24, 2.45) is 0 Å². The summed E-state index contributed by atoms with van der Waals surface area (Å²) in [4.78, 5) is 11.5. The molecule has 1 amide bonds. The van der Waals surface area contributed by atoms with Crippen molar-refractivity contribution in [3.8, 4) is 5.75 Å². The molecule has 8 heteroatoms. The molecule has 0 spiro atoms. The number of amides is 1. The van der Waals surface area contributed by atoms with Gasteiger partial charge in [-0.05, 0) is 25.5 Å². The van der Waals surface area contributed by atoms with E-state index in [0.29, 0.717) is 30.2 Å². The number of halogens is 1. The zero-order valence-electron chi connectivity index (χ0n) is 12.5. The molecular weight excluding hydrogens is 328 g/mol. The van der Waals surface area contributed by atoms with E-state index in [0.717, 1.165) is 0 Å². The van der Waals surface area contributed by atoms with Gasteiger partial charge >= 0.3 is 0 Å². The van der Waals surface area contributed by atoms with Gasteiger partial charge in [0.05, 0.1) is 17.4 Å². The Hall–Kier alpha value is -1.31. The van der Waals surface area contributed by atoms with Gasteiger partial charge in [-0.25, -0.2) is 13.1 Å². The fraction of sp³-hybridized carbons (Fsp3) is 0.500. The van der Waals surface area contributed by atoms with Crippen molar-refractivity contribution in [2.45, 2.75) is 19.8 Å². The van der Waals surface area contributed by atoms with Crippen LogP contribution >= 0.6 is 11.6 Å². The normalized spacial score (nSPS) is 11.2. The van der Waals surface area contributed by atoms with Gasteiger partial charge in [0.25, 0.3) is 0 Å². The largest absolute Gasteiger partial charge is 0.492 e. The zero-order valence-corrected chi connectivity index (χ0v) is 14.0. The number of benzene rings is 1. The maximum Gasteiger partial charge on any atom is 0.220 e. The van der Waals surface area contributed by atoms with E-state index in [4.69, 9.17) is 16.3 Å². The Morgan fingerprint density at radius 1 is 1.27 bits per heavy atom. The molecule has 0 saturated heterocycles. The lowest BCUT2D eigenvalue weighted by molar-refractivity contribution is -0.121. The van der Waals surface area contributed by atoms with Gasteiger partial charge in [-0.15, -0.1) is 0 Å². The molecule has 0 saturated carbocycles. The van der Waals surface area contributed by atoms with Crippen molar-refractivity contribution in [1.82, 2.24) is 10.0 Å². The molecule has 0 heterocycles. The summed E-state index contributed by atoms with van der Waals surface area (Å²) in [7, 11) is -3.21. The Bertz CT molecular complexity index is 578. The van der Waals surface area contributed by atoms with E-state index in [-0.39, 0.29) is 24.7 Å². The first-order valence-corrected chi connectivity index (χ1v) is 9.09. The standard InChI is InChI=1S/C14H21ClN2O4S/c1-2-22(19,20)17-10-9-16-14(18)8-5-11-21-13-7-4-3-6-12(13)15/h3-4,6-7,17H,2,5,8-11H2,1H3,(H,16,18). The van der Waals surface area contributed by atoms with Crippen LogP contribution in [0.4, 0.5) is 0 Å². The molecule has 6 nitrogen and oxygen atoms in total. The van der Waals surface area contributed by atoms with Crippen LogP contribution in [0.3, 0.4) is 0 Å². The second-order valence-electron chi connectivity index (χ2n) is 4.53. The average molecular weight is 349 g/mol. The number of hydrogen-bond acceptors (Lipinski definition) is 4. The summed E-state index contributed by atoms with van der Waals surface area (Å²) in [6.07, 6.45) is 0.864. The van der Waals surface area contributed by atoms with Crippen LogP contribution in [0.5, 0.6) is 5.75 Å². The molecule has 0 aromatic heterocycles. The Morgan fingerprint density at radius 2 is 2.00 bits per heavy atom. The van der Waals surface area contributed by atoms with Crippen molar-refractivity contribution in [2.75, 3.05) is 25.4 Å². The van der Waals surface area contributed by atoms with E-state index in [9.17, 15) is 13.2 Å². The molecule has 124 valence electrons. The molecule has 1 aromatic carbocycles. The summed E-state index contributed by atoms with van der Waals surface area (Å²) in [5.41, 5.74) is 0. The smallest absolute Gasteiger partial charge is 0.220 e. The van der Waals surface area contributed by atoms with Crippen LogP contribution in [0, 0.1) is 0 Å². The number of hydrogen-bond donors (Lipinski definition) is 2. The summed E-state index contributed by atoms with van der Waals surface area (Å²) in [5.74, 6) is 0.484. The summed E-state index contributed by atoms with van der Waals surface area (Å²) in [6, 6.07) is 7.14. The van der Waals surface area contributed by atoms with Crippen molar-refractivity contribution in [3.05, 3.63) is 29.3 Å². The summed E-state index contributed by atoms with van der Waals surface area (Å²) < 4.78 is 30.2. The topological polar surface area (TPSA) is 84.5 Å². The monoisotopic (exact) mass is 348 g/mol. The van der Waals surface area contributed by atoms with Crippen LogP contribution in [0.1, 0.15) is 19.8 Å². The van der Waals surface area contributed by atoms with E-state index in [1.807, 2.05) is 12.1 Å². The summed E-state index contributed by atoms with van der Waals surface area (Å²) in [5, 5.41) is 3.18. The van der Waals surface area contributed by atoms with Crippen LogP contribution in [-0.2, 0) is 14.8 Å². The molecule has 1 aromatic rings. The predicted octanol–water partition coefficient (Wildman–Crippen LogP) is 1.55. The minimum absolute atomic E-state index is 0.0281. The van der Waals surface area contributed by atoms with Gasteiger partial charge in [0.15, 0.2) is 0 Å². The molecular formula is C14H21ClN2O4S. The average Bonchev–Trinajstić information content (AvgIpc) is 2.50. The Balaban J connectivity index is 2.10. The molecule has 2 N–H and O–H groups in total. The molecule has 1 rings (SSSR count). The van der Waals surface area contributed by atoms with Crippen LogP contribution in [0.25, 0.3) is 0 Å². The van der Waals surface area contributed by atoms with Gasteiger partial charge in [-0.2, -0.15) is 0 Å². The summed E-state index contributed by atoms with van der Waals surface area (Å²) in [6.45, 7) is 2.40. The van der Waals surface area contributed by atoms with Crippen molar-refractivity contribution < 1.29 is 17.9 Å². The van der Waals surface area contributed by atoms with Gasteiger partial charge in [-0.3, -0.25) is 4.79 Å². The Labute approximate surface area is 136 Å². The fourth-order valence-electron chi connectivity index (χ4n) is 1.58. The third kappa shape index (κ3) is 7.63. The van der Waals surface area contributed by atoms with Crippen LogP contribution in [0.15, 0.2) is 24.3 Å². The van der Waals surface area contributed by atoms with Gasteiger partial charge in [0.2, 0.25) is 15.9 Å². The van der Waals surface area contributed by atoms with E-state index in [1.165, 1.54) is 0 Å². The number of para-hydroxylation sites is 1. The number of ether oxygens (including phenoxy) is 1. The Morgan fingerprint density at radius 3 is 2.68 bits per heavy atom. The maximum absolute atomic E-state index is 11.5. The highest BCUT2D eigenvalue weighted by atomic mass is 35.5. The molecule has 22 heavy (non-hydrogen) atoms. The van der Waals surface area contributed by atoms with E-state index < -0.39 is 10.0 Å². The lowest BCUT2D eigenvalue weighted by atomic mass is 10.3. The maximum atomic E-state index is 11.5. The van der Waals surface area contributed by atoms with Gasteiger partial charge in [0.1, 0.15) is 5.75 Å². The van der Waals surface area contributed by atoms with Gasteiger partial charge < -0.3 is 10.1 Å². The molecule has 0 fully saturated rings. The van der Waals surface area contributed by atoms with E-state index >= 15 is 0 Å². The van der Waals surface area contributed by atoms with Crippen LogP contribution in [-0.4, -0.2) is 39.8 Å². The fourth-order valence-corrected chi connectivity index (χ4v) is 2.38. The quantitative estimate of drug-likeness (QED) is 0.628. The van der Waals surface area contributed by atoms with Gasteiger partial charge in [0, 0.05) is 19.5 Å². The number of rotatable bonds is 10. The highest BCUT2D eigenvalue weighted by Crippen LogP contribution is 2.23. The number of nitrogens with one attached hydrogen (secondary N) is 2. The molecule has 0 aliphatic carbocycles. The number of carbonyl (C=O) groups excluding carboxylic acids is 1. The first kappa shape index (κ1) is 18.7. The first-order chi connectivity index (χ1) is 10.4. The highest BCUT2D eigenvalue weighted by molar-refractivity contribution is 7.89. The van der Waals surface area contributed by atoms with Crippen LogP contribution < -0.4 is 14.8 Å². The Kier molecular flexibility index (Phi) is 8.22. The molecule has 0 atom stereocenters. The minimum atomic E-state index is -3.21. The van der Waals surface area contributed by atoms with E-state index in [1.54, 1.807) is 19.1 Å². The number of carbonyl (C=O) groups is 1. The molecule has 0 aliphatic rings. The molecule has 0 radical (unpaired) electrons. The second-order valence-corrected chi connectivity index (χ2v) is 7.03. The third-order valence-corrected chi connectivity index (χ3v) is 4.51. The zero-order chi connectivity index (χ0) is 16.4.